The Morgan fingerprint density at radius 3 is 2.52 bits per heavy atom. The molecule has 0 saturated carbocycles. The lowest BCUT2D eigenvalue weighted by Crippen LogP contribution is -2.07. The van der Waals surface area contributed by atoms with E-state index < -0.39 is 11.7 Å². The first-order valence-corrected chi connectivity index (χ1v) is 6.14. The number of anilines is 1. The molecule has 0 spiro atoms. The summed E-state index contributed by atoms with van der Waals surface area (Å²) in [4.78, 5) is 8.22. The molecular weight excluding hydrogens is 279 g/mol. The lowest BCUT2D eigenvalue weighted by molar-refractivity contribution is -0.137. The number of nitrogens with zero attached hydrogens (tertiary/aromatic N) is 2. The van der Waals surface area contributed by atoms with Crippen LogP contribution >= 0.6 is 0 Å². The van der Waals surface area contributed by atoms with E-state index in [1.807, 2.05) is 12.1 Å². The van der Waals surface area contributed by atoms with Crippen molar-refractivity contribution in [2.24, 2.45) is 0 Å². The molecule has 0 fully saturated rings. The van der Waals surface area contributed by atoms with Gasteiger partial charge in [0.15, 0.2) is 0 Å². The molecule has 0 atom stereocenters. The average molecular weight is 289 g/mol. The standard InChI is InChI=1S/C15H10F3N3/c16-15(17,18)10-7-12(21-13(19)8-10)11-5-1-3-9-4-2-6-20-14(9)11/h1-8H,(H2,19,21). The highest BCUT2D eigenvalue weighted by atomic mass is 19.4. The minimum Gasteiger partial charge on any atom is -0.384 e. The van der Waals surface area contributed by atoms with Gasteiger partial charge >= 0.3 is 6.18 Å². The smallest absolute Gasteiger partial charge is 0.384 e. The number of fused-ring (bicyclic) bond motifs is 1. The van der Waals surface area contributed by atoms with Crippen molar-refractivity contribution < 1.29 is 13.2 Å². The minimum atomic E-state index is -4.47. The van der Waals surface area contributed by atoms with Gasteiger partial charge in [-0.15, -0.1) is 0 Å². The van der Waals surface area contributed by atoms with Crippen molar-refractivity contribution in [2.45, 2.75) is 6.18 Å². The third-order valence-corrected chi connectivity index (χ3v) is 3.08. The van der Waals surface area contributed by atoms with E-state index >= 15 is 0 Å². The Kier molecular flexibility index (Phi) is 3.01. The molecule has 1 aromatic carbocycles. The molecule has 3 aromatic rings. The maximum atomic E-state index is 12.9. The van der Waals surface area contributed by atoms with E-state index in [-0.39, 0.29) is 11.5 Å². The second kappa shape index (κ2) is 4.73. The number of halogens is 3. The number of alkyl halides is 3. The largest absolute Gasteiger partial charge is 0.416 e. The van der Waals surface area contributed by atoms with Crippen LogP contribution in [0.3, 0.4) is 0 Å². The molecule has 2 aromatic heterocycles. The molecular formula is C15H10F3N3. The quantitative estimate of drug-likeness (QED) is 0.739. The van der Waals surface area contributed by atoms with Crippen LogP contribution < -0.4 is 5.73 Å². The van der Waals surface area contributed by atoms with Crippen LogP contribution in [0, 0.1) is 0 Å². The zero-order valence-corrected chi connectivity index (χ0v) is 10.7. The summed E-state index contributed by atoms with van der Waals surface area (Å²) in [6.45, 7) is 0. The van der Waals surface area contributed by atoms with E-state index in [1.54, 1.807) is 24.4 Å². The van der Waals surface area contributed by atoms with E-state index in [4.69, 9.17) is 5.73 Å². The van der Waals surface area contributed by atoms with Crippen molar-refractivity contribution in [3.05, 3.63) is 54.2 Å². The molecule has 21 heavy (non-hydrogen) atoms. The summed E-state index contributed by atoms with van der Waals surface area (Å²) in [6.07, 6.45) is -2.88. The van der Waals surface area contributed by atoms with Crippen molar-refractivity contribution in [1.82, 2.24) is 9.97 Å². The number of rotatable bonds is 1. The summed E-state index contributed by atoms with van der Waals surface area (Å²) >= 11 is 0. The maximum absolute atomic E-state index is 12.9. The number of nitrogens with two attached hydrogens (primary N) is 1. The van der Waals surface area contributed by atoms with Crippen LogP contribution in [0.15, 0.2) is 48.7 Å². The number of pyridine rings is 2. The highest BCUT2D eigenvalue weighted by molar-refractivity contribution is 5.92. The molecule has 3 rings (SSSR count). The van der Waals surface area contributed by atoms with Gasteiger partial charge < -0.3 is 5.73 Å². The molecule has 0 unspecified atom stereocenters. The molecule has 0 aliphatic heterocycles. The van der Waals surface area contributed by atoms with Gasteiger partial charge in [0.2, 0.25) is 0 Å². The van der Waals surface area contributed by atoms with Crippen LogP contribution in [-0.2, 0) is 6.18 Å². The molecule has 0 aliphatic rings. The number of hydrogen-bond donors (Lipinski definition) is 1. The first kappa shape index (κ1) is 13.4. The van der Waals surface area contributed by atoms with Crippen molar-refractivity contribution in [3.8, 4) is 11.3 Å². The van der Waals surface area contributed by atoms with Gasteiger partial charge in [-0.05, 0) is 18.2 Å². The zero-order valence-electron chi connectivity index (χ0n) is 10.7. The van der Waals surface area contributed by atoms with Crippen molar-refractivity contribution in [1.29, 1.82) is 0 Å². The van der Waals surface area contributed by atoms with Crippen LogP contribution in [0.5, 0.6) is 0 Å². The Labute approximate surface area is 118 Å². The molecule has 0 amide bonds. The first-order valence-electron chi connectivity index (χ1n) is 6.14. The summed E-state index contributed by atoms with van der Waals surface area (Å²) < 4.78 is 38.6. The van der Waals surface area contributed by atoms with Gasteiger partial charge in [-0.1, -0.05) is 24.3 Å². The summed E-state index contributed by atoms with van der Waals surface area (Å²) in [5, 5.41) is 0.827. The van der Waals surface area contributed by atoms with E-state index in [0.29, 0.717) is 11.1 Å². The van der Waals surface area contributed by atoms with Gasteiger partial charge in [0.25, 0.3) is 0 Å². The van der Waals surface area contributed by atoms with Crippen LogP contribution in [0.25, 0.3) is 22.2 Å². The van der Waals surface area contributed by atoms with Gasteiger partial charge in [0.1, 0.15) is 5.82 Å². The average Bonchev–Trinajstić information content (AvgIpc) is 2.45. The van der Waals surface area contributed by atoms with Crippen LogP contribution in [0.1, 0.15) is 5.56 Å². The topological polar surface area (TPSA) is 51.8 Å². The van der Waals surface area contributed by atoms with Crippen molar-refractivity contribution in [2.75, 3.05) is 5.73 Å². The molecule has 0 radical (unpaired) electrons. The van der Waals surface area contributed by atoms with Crippen LogP contribution in [0.2, 0.25) is 0 Å². The van der Waals surface area contributed by atoms with Crippen molar-refractivity contribution >= 4 is 16.7 Å². The number of benzene rings is 1. The molecule has 6 heteroatoms. The fourth-order valence-corrected chi connectivity index (χ4v) is 2.16. The number of hydrogen-bond acceptors (Lipinski definition) is 3. The second-order valence-corrected chi connectivity index (χ2v) is 4.54. The fraction of sp³-hybridized carbons (Fsp3) is 0.0667. The minimum absolute atomic E-state index is 0.159. The van der Waals surface area contributed by atoms with E-state index in [9.17, 15) is 13.2 Å². The van der Waals surface area contributed by atoms with E-state index in [2.05, 4.69) is 9.97 Å². The summed E-state index contributed by atoms with van der Waals surface area (Å²) in [5.74, 6) is -0.173. The van der Waals surface area contributed by atoms with E-state index in [1.165, 1.54) is 0 Å². The highest BCUT2D eigenvalue weighted by Gasteiger charge is 2.31. The number of aromatic nitrogens is 2. The Bertz CT molecular complexity index is 807. The zero-order chi connectivity index (χ0) is 15.0. The first-order chi connectivity index (χ1) is 9.95. The van der Waals surface area contributed by atoms with Crippen LogP contribution in [-0.4, -0.2) is 9.97 Å². The van der Waals surface area contributed by atoms with Gasteiger partial charge in [-0.2, -0.15) is 13.2 Å². The highest BCUT2D eigenvalue weighted by Crippen LogP contribution is 2.34. The molecule has 0 aliphatic carbocycles. The molecule has 2 N–H and O–H groups in total. The fourth-order valence-electron chi connectivity index (χ4n) is 2.16. The predicted octanol–water partition coefficient (Wildman–Crippen LogP) is 3.90. The maximum Gasteiger partial charge on any atom is 0.416 e. The Morgan fingerprint density at radius 1 is 1.00 bits per heavy atom. The molecule has 106 valence electrons. The summed E-state index contributed by atoms with van der Waals surface area (Å²) in [5.41, 5.74) is 5.95. The molecule has 3 nitrogen and oxygen atoms in total. The van der Waals surface area contributed by atoms with E-state index in [0.717, 1.165) is 17.5 Å². The third-order valence-electron chi connectivity index (χ3n) is 3.08. The van der Waals surface area contributed by atoms with Gasteiger partial charge in [-0.3, -0.25) is 4.98 Å². The second-order valence-electron chi connectivity index (χ2n) is 4.54. The number of para-hydroxylation sites is 1. The Morgan fingerprint density at radius 2 is 1.76 bits per heavy atom. The monoisotopic (exact) mass is 289 g/mol. The van der Waals surface area contributed by atoms with Gasteiger partial charge in [0.05, 0.1) is 16.8 Å². The summed E-state index contributed by atoms with van der Waals surface area (Å²) in [6, 6.07) is 10.7. The van der Waals surface area contributed by atoms with Crippen LogP contribution in [0.4, 0.5) is 19.0 Å². The Balaban J connectivity index is 2.26. The lowest BCUT2D eigenvalue weighted by Gasteiger charge is -2.11. The number of nitrogen functional groups attached to an aromatic ring is 1. The lowest BCUT2D eigenvalue weighted by atomic mass is 10.0. The van der Waals surface area contributed by atoms with Crippen molar-refractivity contribution in [3.63, 3.8) is 0 Å². The summed E-state index contributed by atoms with van der Waals surface area (Å²) in [7, 11) is 0. The molecule has 2 heterocycles. The third kappa shape index (κ3) is 2.52. The van der Waals surface area contributed by atoms with Gasteiger partial charge in [-0.25, -0.2) is 4.98 Å². The predicted molar refractivity (Wildman–Crippen MR) is 74.4 cm³/mol. The SMILES string of the molecule is Nc1cc(C(F)(F)F)cc(-c2cccc3cccnc23)n1. The normalized spacial score (nSPS) is 11.8. The molecule has 0 bridgehead atoms. The Hall–Kier alpha value is -2.63. The van der Waals surface area contributed by atoms with Gasteiger partial charge in [0, 0.05) is 17.1 Å². The molecule has 0 saturated heterocycles.